The average Bonchev–Trinajstić information content (AvgIpc) is 2.53. The summed E-state index contributed by atoms with van der Waals surface area (Å²) in [6.07, 6.45) is 1.71. The first-order valence-electron chi connectivity index (χ1n) is 6.53. The molecule has 2 aromatic rings. The molecule has 2 rings (SSSR count). The highest BCUT2D eigenvalue weighted by molar-refractivity contribution is 7.86. The second-order valence-electron chi connectivity index (χ2n) is 4.75. The van der Waals surface area contributed by atoms with Crippen LogP contribution in [0.25, 0.3) is 6.08 Å². The van der Waals surface area contributed by atoms with Crippen LogP contribution in [0.3, 0.4) is 0 Å². The van der Waals surface area contributed by atoms with Crippen molar-refractivity contribution in [2.24, 2.45) is 0 Å². The van der Waals surface area contributed by atoms with Crippen LogP contribution in [0, 0.1) is 0 Å². The summed E-state index contributed by atoms with van der Waals surface area (Å²) >= 11 is 0. The number of benzene rings is 2. The van der Waals surface area contributed by atoms with Gasteiger partial charge in [0.1, 0.15) is 12.4 Å². The summed E-state index contributed by atoms with van der Waals surface area (Å²) in [5, 5.41) is -4.36. The Morgan fingerprint density at radius 2 is 1.65 bits per heavy atom. The smallest absolute Gasteiger partial charge is 0.395 e. The van der Waals surface area contributed by atoms with Gasteiger partial charge in [-0.05, 0) is 35.4 Å². The lowest BCUT2D eigenvalue weighted by Gasteiger charge is -2.13. The lowest BCUT2D eigenvalue weighted by Crippen LogP contribution is -2.25. The first-order valence-corrected chi connectivity index (χ1v) is 7.97. The van der Waals surface area contributed by atoms with Gasteiger partial charge in [-0.1, -0.05) is 36.9 Å². The highest BCUT2D eigenvalue weighted by Gasteiger charge is 2.45. The largest absolute Gasteiger partial charge is 0.489 e. The molecule has 0 fully saturated rings. The third-order valence-electron chi connectivity index (χ3n) is 3.14. The molecule has 23 heavy (non-hydrogen) atoms. The predicted molar refractivity (Wildman–Crippen MR) is 82.7 cm³/mol. The lowest BCUT2D eigenvalue weighted by atomic mass is 10.1. The van der Waals surface area contributed by atoms with E-state index in [2.05, 4.69) is 6.58 Å². The van der Waals surface area contributed by atoms with Gasteiger partial charge in [0.05, 0.1) is 0 Å². The molecule has 2 aromatic carbocycles. The number of hydrogen-bond donors (Lipinski definition) is 1. The molecular weight excluding hydrogens is 326 g/mol. The van der Waals surface area contributed by atoms with Gasteiger partial charge in [0.2, 0.25) is 0 Å². The third kappa shape index (κ3) is 3.94. The lowest BCUT2D eigenvalue weighted by molar-refractivity contribution is 0.0789. The third-order valence-corrected chi connectivity index (χ3v) is 4.02. The van der Waals surface area contributed by atoms with Crippen molar-refractivity contribution >= 4 is 16.2 Å². The number of rotatable bonds is 6. The van der Waals surface area contributed by atoms with Gasteiger partial charge in [0.15, 0.2) is 0 Å². The van der Waals surface area contributed by atoms with E-state index in [0.29, 0.717) is 5.75 Å². The molecule has 7 heteroatoms. The van der Waals surface area contributed by atoms with Crippen molar-refractivity contribution in [3.05, 3.63) is 71.8 Å². The monoisotopic (exact) mass is 340 g/mol. The zero-order valence-electron chi connectivity index (χ0n) is 11.9. The Labute approximate surface area is 132 Å². The van der Waals surface area contributed by atoms with E-state index in [4.69, 9.17) is 9.29 Å². The Hall–Kier alpha value is -2.25. The quantitative estimate of drug-likeness (QED) is 0.812. The zero-order valence-corrected chi connectivity index (χ0v) is 12.8. The molecule has 0 aliphatic carbocycles. The van der Waals surface area contributed by atoms with E-state index in [0.717, 1.165) is 23.3 Å². The van der Waals surface area contributed by atoms with E-state index in [9.17, 15) is 17.2 Å². The Kier molecular flexibility index (Phi) is 4.82. The van der Waals surface area contributed by atoms with Crippen molar-refractivity contribution in [1.29, 1.82) is 0 Å². The van der Waals surface area contributed by atoms with Crippen molar-refractivity contribution in [3.8, 4) is 5.75 Å². The molecule has 0 saturated heterocycles. The molecule has 0 radical (unpaired) electrons. The Bertz CT molecular complexity index is 782. The molecule has 4 nitrogen and oxygen atoms in total. The van der Waals surface area contributed by atoms with Crippen LogP contribution in [0.15, 0.2) is 55.1 Å². The van der Waals surface area contributed by atoms with Crippen LogP contribution in [0.1, 0.15) is 16.7 Å². The number of hydrogen-bond acceptors (Lipinski definition) is 3. The van der Waals surface area contributed by atoms with Gasteiger partial charge >= 0.3 is 15.4 Å². The summed E-state index contributed by atoms with van der Waals surface area (Å²) in [6, 6.07) is 11.6. The van der Waals surface area contributed by atoms with Gasteiger partial charge < -0.3 is 4.74 Å². The molecule has 0 unspecified atom stereocenters. The second kappa shape index (κ2) is 6.47. The van der Waals surface area contributed by atoms with Crippen molar-refractivity contribution in [1.82, 2.24) is 0 Å². The molecular formula is C16H14F2O4S. The minimum Gasteiger partial charge on any atom is -0.489 e. The standard InChI is InChI=1S/C16H14F2O4S/c1-2-12-3-5-13(6-4-12)11-22-15-9-7-14(8-10-15)16(17,18)23(19,20)21/h2-10H,1,11H2,(H,19,20,21). The molecule has 0 atom stereocenters. The van der Waals surface area contributed by atoms with Crippen molar-refractivity contribution in [2.45, 2.75) is 11.9 Å². The maximum atomic E-state index is 13.4. The molecule has 0 amide bonds. The van der Waals surface area contributed by atoms with E-state index in [1.807, 2.05) is 24.3 Å². The van der Waals surface area contributed by atoms with Crippen molar-refractivity contribution in [2.75, 3.05) is 0 Å². The molecule has 0 aromatic heterocycles. The molecule has 0 saturated carbocycles. The van der Waals surface area contributed by atoms with E-state index >= 15 is 0 Å². The van der Waals surface area contributed by atoms with Crippen LogP contribution in [0.4, 0.5) is 8.78 Å². The van der Waals surface area contributed by atoms with Crippen LogP contribution >= 0.6 is 0 Å². The minimum atomic E-state index is -5.51. The van der Waals surface area contributed by atoms with Crippen LogP contribution in [0.2, 0.25) is 0 Å². The molecule has 1 N–H and O–H groups in total. The summed E-state index contributed by atoms with van der Waals surface area (Å²) in [5.74, 6) is 0.299. The summed E-state index contributed by atoms with van der Waals surface area (Å²) in [7, 11) is -5.51. The van der Waals surface area contributed by atoms with E-state index in [1.54, 1.807) is 6.08 Å². The Morgan fingerprint density at radius 3 is 2.13 bits per heavy atom. The van der Waals surface area contributed by atoms with Crippen LogP contribution in [-0.2, 0) is 22.0 Å². The fourth-order valence-corrected chi connectivity index (χ4v) is 2.24. The van der Waals surface area contributed by atoms with Gasteiger partial charge in [0.25, 0.3) is 0 Å². The molecule has 0 aliphatic heterocycles. The van der Waals surface area contributed by atoms with E-state index < -0.39 is 20.9 Å². The summed E-state index contributed by atoms with van der Waals surface area (Å²) in [4.78, 5) is 0. The highest BCUT2D eigenvalue weighted by Crippen LogP contribution is 2.34. The SMILES string of the molecule is C=Cc1ccc(COc2ccc(C(F)(F)S(=O)(=O)O)cc2)cc1. The molecule has 0 heterocycles. The molecule has 0 bridgehead atoms. The van der Waals surface area contributed by atoms with Gasteiger partial charge in [-0.3, -0.25) is 4.55 Å². The van der Waals surface area contributed by atoms with Crippen molar-refractivity contribution < 1.29 is 26.5 Å². The topological polar surface area (TPSA) is 63.6 Å². The first kappa shape index (κ1) is 17.1. The maximum Gasteiger partial charge on any atom is 0.395 e. The first-order chi connectivity index (χ1) is 10.7. The zero-order chi connectivity index (χ0) is 17.1. The Balaban J connectivity index is 2.06. The summed E-state index contributed by atoms with van der Waals surface area (Å²) in [5.41, 5.74) is 1.01. The highest BCUT2D eigenvalue weighted by atomic mass is 32.2. The van der Waals surface area contributed by atoms with Crippen molar-refractivity contribution in [3.63, 3.8) is 0 Å². The molecule has 0 aliphatic rings. The number of halogens is 2. The molecule has 122 valence electrons. The maximum absolute atomic E-state index is 13.4. The van der Waals surface area contributed by atoms with Crippen LogP contribution in [-0.4, -0.2) is 13.0 Å². The van der Waals surface area contributed by atoms with Crippen LogP contribution < -0.4 is 4.74 Å². The number of ether oxygens (including phenoxy) is 1. The summed E-state index contributed by atoms with van der Waals surface area (Å²) in [6.45, 7) is 3.87. The van der Waals surface area contributed by atoms with Gasteiger partial charge in [0, 0.05) is 5.56 Å². The Morgan fingerprint density at radius 1 is 1.09 bits per heavy atom. The van der Waals surface area contributed by atoms with Gasteiger partial charge in [-0.15, -0.1) is 0 Å². The average molecular weight is 340 g/mol. The fraction of sp³-hybridized carbons (Fsp3) is 0.125. The van der Waals surface area contributed by atoms with Gasteiger partial charge in [-0.25, -0.2) is 0 Å². The van der Waals surface area contributed by atoms with Gasteiger partial charge in [-0.2, -0.15) is 17.2 Å². The van der Waals surface area contributed by atoms with E-state index in [-0.39, 0.29) is 6.61 Å². The minimum absolute atomic E-state index is 0.228. The molecule has 0 spiro atoms. The number of alkyl halides is 2. The fourth-order valence-electron chi connectivity index (χ4n) is 1.81. The van der Waals surface area contributed by atoms with Crippen LogP contribution in [0.5, 0.6) is 5.75 Å². The predicted octanol–water partition coefficient (Wildman–Crippen LogP) is 3.85. The second-order valence-corrected chi connectivity index (χ2v) is 6.21. The normalized spacial score (nSPS) is 12.0. The van der Waals surface area contributed by atoms with E-state index in [1.165, 1.54) is 12.1 Å². The summed E-state index contributed by atoms with van der Waals surface area (Å²) < 4.78 is 62.2.